The maximum Gasteiger partial charge on any atom is 0.251 e. The second-order valence-electron chi connectivity index (χ2n) is 6.53. The van der Waals surface area contributed by atoms with Crippen molar-refractivity contribution in [2.75, 3.05) is 0 Å². The van der Waals surface area contributed by atoms with E-state index in [1.54, 1.807) is 0 Å². The maximum absolute atomic E-state index is 12.3. The highest BCUT2D eigenvalue weighted by atomic mass is 35.5. The number of hydrogen-bond donors (Lipinski definition) is 1. The van der Waals surface area contributed by atoms with Crippen molar-refractivity contribution in [1.82, 2.24) is 4.57 Å². The Kier molecular flexibility index (Phi) is 5.19. The van der Waals surface area contributed by atoms with Gasteiger partial charge in [-0.05, 0) is 49.1 Å². The molecule has 0 spiro atoms. The van der Waals surface area contributed by atoms with Crippen molar-refractivity contribution in [2.45, 2.75) is 33.7 Å². The minimum absolute atomic E-state index is 0.389. The second kappa shape index (κ2) is 7.38. The van der Waals surface area contributed by atoms with E-state index in [4.69, 9.17) is 17.3 Å². The maximum atomic E-state index is 12.3. The predicted octanol–water partition coefficient (Wildman–Crippen LogP) is 5.13. The molecule has 0 aliphatic heterocycles. The zero-order valence-corrected chi connectivity index (χ0v) is 16.1. The lowest BCUT2D eigenvalue weighted by molar-refractivity contribution is 0.1000. The molecule has 3 nitrogen and oxygen atoms in total. The van der Waals surface area contributed by atoms with Crippen LogP contribution in [0.2, 0.25) is 5.02 Å². The summed E-state index contributed by atoms with van der Waals surface area (Å²) < 4.78 is 2.19. The summed E-state index contributed by atoms with van der Waals surface area (Å²) in [6.07, 6.45) is 0.804. The molecular formula is C22H23ClN2O. The normalized spacial score (nSPS) is 10.9. The van der Waals surface area contributed by atoms with Crippen molar-refractivity contribution in [3.8, 4) is 11.1 Å². The number of aryl methyl sites for hydroxylation is 1. The van der Waals surface area contributed by atoms with Crippen LogP contribution >= 0.6 is 11.6 Å². The Balaban J connectivity index is 2.25. The van der Waals surface area contributed by atoms with Gasteiger partial charge in [0.05, 0.1) is 5.56 Å². The number of carbonyl (C=O) groups is 1. The Hall–Kier alpha value is -2.52. The lowest BCUT2D eigenvalue weighted by atomic mass is 9.95. The molecule has 3 aromatic rings. The molecule has 0 aliphatic carbocycles. The molecule has 0 fully saturated rings. The summed E-state index contributed by atoms with van der Waals surface area (Å²) in [4.78, 5) is 12.3. The van der Waals surface area contributed by atoms with Crippen molar-refractivity contribution in [3.63, 3.8) is 0 Å². The van der Waals surface area contributed by atoms with E-state index in [2.05, 4.69) is 30.5 Å². The van der Waals surface area contributed by atoms with Crippen LogP contribution in [0.25, 0.3) is 11.1 Å². The molecule has 0 radical (unpaired) electrons. The van der Waals surface area contributed by atoms with Crippen LogP contribution in [0.4, 0.5) is 0 Å². The van der Waals surface area contributed by atoms with Gasteiger partial charge >= 0.3 is 0 Å². The summed E-state index contributed by atoms with van der Waals surface area (Å²) in [7, 11) is 0. The number of primary amides is 1. The lowest BCUT2D eigenvalue weighted by Crippen LogP contribution is -2.13. The van der Waals surface area contributed by atoms with Crippen LogP contribution in [0.5, 0.6) is 0 Å². The third-order valence-corrected chi connectivity index (χ3v) is 5.09. The molecule has 2 N–H and O–H groups in total. The molecule has 4 heteroatoms. The van der Waals surface area contributed by atoms with Crippen molar-refractivity contribution >= 4 is 17.5 Å². The molecule has 0 atom stereocenters. The number of amides is 1. The largest absolute Gasteiger partial charge is 0.366 e. The average molecular weight is 367 g/mol. The first-order valence-electron chi connectivity index (χ1n) is 8.76. The van der Waals surface area contributed by atoms with Gasteiger partial charge < -0.3 is 10.3 Å². The van der Waals surface area contributed by atoms with E-state index in [0.717, 1.165) is 40.1 Å². The molecule has 134 valence electrons. The first-order chi connectivity index (χ1) is 12.4. The van der Waals surface area contributed by atoms with Crippen LogP contribution in [0.15, 0.2) is 48.5 Å². The lowest BCUT2D eigenvalue weighted by Gasteiger charge is -2.13. The summed E-state index contributed by atoms with van der Waals surface area (Å²) >= 11 is 6.14. The Morgan fingerprint density at radius 2 is 1.85 bits per heavy atom. The summed E-state index contributed by atoms with van der Waals surface area (Å²) in [6.45, 7) is 6.78. The molecule has 0 unspecified atom stereocenters. The number of rotatable bonds is 5. The van der Waals surface area contributed by atoms with Crippen LogP contribution < -0.4 is 5.73 Å². The zero-order valence-electron chi connectivity index (χ0n) is 15.3. The quantitative estimate of drug-likeness (QED) is 0.668. The molecule has 0 saturated carbocycles. The zero-order chi connectivity index (χ0) is 18.8. The molecular weight excluding hydrogens is 344 g/mol. The number of aromatic nitrogens is 1. The number of nitrogens with two attached hydrogens (primary N) is 1. The smallest absolute Gasteiger partial charge is 0.251 e. The fourth-order valence-corrected chi connectivity index (χ4v) is 3.85. The topological polar surface area (TPSA) is 48.0 Å². The molecule has 1 aromatic heterocycles. The summed E-state index contributed by atoms with van der Waals surface area (Å²) in [5.74, 6) is -0.389. The highest BCUT2D eigenvalue weighted by Crippen LogP contribution is 2.35. The Morgan fingerprint density at radius 1 is 1.12 bits per heavy atom. The Morgan fingerprint density at radius 3 is 2.46 bits per heavy atom. The van der Waals surface area contributed by atoms with Gasteiger partial charge in [-0.15, -0.1) is 0 Å². The first-order valence-corrected chi connectivity index (χ1v) is 9.14. The molecule has 0 aliphatic rings. The van der Waals surface area contributed by atoms with E-state index in [9.17, 15) is 4.79 Å². The molecule has 26 heavy (non-hydrogen) atoms. The van der Waals surface area contributed by atoms with Crippen molar-refractivity contribution in [1.29, 1.82) is 0 Å². The third kappa shape index (κ3) is 3.27. The van der Waals surface area contributed by atoms with E-state index in [1.807, 2.05) is 43.3 Å². The standard InChI is InChI=1S/C22H23ClN2O/c1-4-19-21(18-11-6-5-8-14(18)2)20(22(24)26)15(3)25(19)13-16-9-7-10-17(23)12-16/h5-12H,4,13H2,1-3H3,(H2,24,26). The van der Waals surface area contributed by atoms with E-state index in [1.165, 1.54) is 0 Å². The van der Waals surface area contributed by atoms with Gasteiger partial charge in [0, 0.05) is 28.5 Å². The summed E-state index contributed by atoms with van der Waals surface area (Å²) in [5.41, 5.74) is 12.6. The molecule has 0 saturated heterocycles. The number of carbonyl (C=O) groups excluding carboxylic acids is 1. The van der Waals surface area contributed by atoms with Gasteiger partial charge in [0.15, 0.2) is 0 Å². The van der Waals surface area contributed by atoms with Crippen LogP contribution in [0.3, 0.4) is 0 Å². The van der Waals surface area contributed by atoms with Gasteiger partial charge in [-0.25, -0.2) is 0 Å². The number of hydrogen-bond acceptors (Lipinski definition) is 1. The van der Waals surface area contributed by atoms with Crippen LogP contribution in [0, 0.1) is 13.8 Å². The van der Waals surface area contributed by atoms with Gasteiger partial charge in [0.2, 0.25) is 0 Å². The van der Waals surface area contributed by atoms with E-state index >= 15 is 0 Å². The van der Waals surface area contributed by atoms with Crippen LogP contribution in [0.1, 0.15) is 39.8 Å². The molecule has 1 heterocycles. The second-order valence-corrected chi connectivity index (χ2v) is 6.97. The van der Waals surface area contributed by atoms with Crippen LogP contribution in [-0.4, -0.2) is 10.5 Å². The fourth-order valence-electron chi connectivity index (χ4n) is 3.64. The molecule has 1 amide bonds. The minimum atomic E-state index is -0.389. The molecule has 0 bridgehead atoms. The average Bonchev–Trinajstić information content (AvgIpc) is 2.87. The number of benzene rings is 2. The van der Waals surface area contributed by atoms with Crippen LogP contribution in [-0.2, 0) is 13.0 Å². The number of halogens is 1. The van der Waals surface area contributed by atoms with E-state index in [0.29, 0.717) is 17.1 Å². The van der Waals surface area contributed by atoms with E-state index < -0.39 is 0 Å². The summed E-state index contributed by atoms with van der Waals surface area (Å²) in [6, 6.07) is 15.9. The summed E-state index contributed by atoms with van der Waals surface area (Å²) in [5, 5.41) is 0.708. The SMILES string of the molecule is CCc1c(-c2ccccc2C)c(C(N)=O)c(C)n1Cc1cccc(Cl)c1. The molecule has 2 aromatic carbocycles. The fraction of sp³-hybridized carbons (Fsp3) is 0.227. The third-order valence-electron chi connectivity index (χ3n) is 4.86. The minimum Gasteiger partial charge on any atom is -0.366 e. The van der Waals surface area contributed by atoms with Gasteiger partial charge in [0.25, 0.3) is 5.91 Å². The van der Waals surface area contributed by atoms with Gasteiger partial charge in [0.1, 0.15) is 0 Å². The Bertz CT molecular complexity index is 972. The van der Waals surface area contributed by atoms with Gasteiger partial charge in [-0.3, -0.25) is 4.79 Å². The van der Waals surface area contributed by atoms with Crippen molar-refractivity contribution < 1.29 is 4.79 Å². The van der Waals surface area contributed by atoms with E-state index in [-0.39, 0.29) is 5.91 Å². The Labute approximate surface area is 159 Å². The van der Waals surface area contributed by atoms with Gasteiger partial charge in [-0.1, -0.05) is 54.9 Å². The molecule has 3 rings (SSSR count). The highest BCUT2D eigenvalue weighted by Gasteiger charge is 2.24. The van der Waals surface area contributed by atoms with Gasteiger partial charge in [-0.2, -0.15) is 0 Å². The first kappa shape index (κ1) is 18.3. The number of nitrogens with zero attached hydrogens (tertiary/aromatic N) is 1. The monoisotopic (exact) mass is 366 g/mol. The predicted molar refractivity (Wildman–Crippen MR) is 108 cm³/mol. The van der Waals surface area contributed by atoms with Crippen molar-refractivity contribution in [2.24, 2.45) is 5.73 Å². The highest BCUT2D eigenvalue weighted by molar-refractivity contribution is 6.30. The van der Waals surface area contributed by atoms with Crippen molar-refractivity contribution in [3.05, 3.63) is 81.6 Å².